The molecule has 2 rings (SSSR count). The summed E-state index contributed by atoms with van der Waals surface area (Å²) >= 11 is 6.43. The highest BCUT2D eigenvalue weighted by Gasteiger charge is 2.16. The predicted molar refractivity (Wildman–Crippen MR) is 89.1 cm³/mol. The van der Waals surface area contributed by atoms with Crippen LogP contribution in [0.5, 0.6) is 0 Å². The van der Waals surface area contributed by atoms with Crippen LogP contribution in [-0.2, 0) is 11.3 Å². The van der Waals surface area contributed by atoms with Crippen molar-refractivity contribution in [1.82, 2.24) is 14.7 Å². The van der Waals surface area contributed by atoms with Crippen LogP contribution in [0.15, 0.2) is 30.3 Å². The van der Waals surface area contributed by atoms with Gasteiger partial charge in [-0.1, -0.05) is 29.8 Å². The molecule has 0 bridgehead atoms. The second-order valence-electron chi connectivity index (χ2n) is 4.98. The molecule has 0 fully saturated rings. The number of aryl methyl sites for hydroxylation is 1. The fourth-order valence-corrected chi connectivity index (χ4v) is 2.42. The Morgan fingerprint density at radius 2 is 2.00 bits per heavy atom. The molecule has 0 amide bonds. The van der Waals surface area contributed by atoms with Crippen molar-refractivity contribution in [3.63, 3.8) is 0 Å². The molecule has 0 aliphatic heterocycles. The van der Waals surface area contributed by atoms with Gasteiger partial charge in [0.2, 0.25) is 0 Å². The average molecular weight is 344 g/mol. The maximum Gasteiger partial charge on any atom is 0.304 e. The van der Waals surface area contributed by atoms with Crippen LogP contribution in [0.25, 0.3) is 5.69 Å². The lowest BCUT2D eigenvalue weighted by atomic mass is 10.2. The minimum atomic E-state index is -0.801. The van der Waals surface area contributed by atoms with Gasteiger partial charge < -0.3 is 10.0 Å². The van der Waals surface area contributed by atoms with Crippen molar-refractivity contribution in [2.75, 3.05) is 13.6 Å². The van der Waals surface area contributed by atoms with Crippen LogP contribution in [0.1, 0.15) is 17.7 Å². The minimum Gasteiger partial charge on any atom is -0.481 e. The molecule has 0 aliphatic carbocycles. The summed E-state index contributed by atoms with van der Waals surface area (Å²) in [5.41, 5.74) is 2.68. The summed E-state index contributed by atoms with van der Waals surface area (Å²) in [6.07, 6.45) is 0.111. The second-order valence-corrected chi connectivity index (χ2v) is 5.34. The van der Waals surface area contributed by atoms with E-state index in [1.807, 2.05) is 49.2 Å². The molecule has 1 heterocycles. The summed E-state index contributed by atoms with van der Waals surface area (Å²) in [5, 5.41) is 13.8. The number of hydrogen-bond acceptors (Lipinski definition) is 3. The van der Waals surface area contributed by atoms with E-state index in [0.29, 0.717) is 18.2 Å². The van der Waals surface area contributed by atoms with Gasteiger partial charge in [-0.3, -0.25) is 4.79 Å². The van der Waals surface area contributed by atoms with Crippen LogP contribution in [0.3, 0.4) is 0 Å². The van der Waals surface area contributed by atoms with Gasteiger partial charge in [0.15, 0.2) is 0 Å². The first kappa shape index (κ1) is 18.5. The van der Waals surface area contributed by atoms with Crippen LogP contribution >= 0.6 is 24.0 Å². The van der Waals surface area contributed by atoms with E-state index in [0.717, 1.165) is 16.9 Å². The van der Waals surface area contributed by atoms with Crippen LogP contribution in [0, 0.1) is 6.92 Å². The molecule has 0 saturated carbocycles. The Labute approximate surface area is 140 Å². The Hall–Kier alpha value is -1.56. The number of nitrogens with zero attached hydrogens (tertiary/aromatic N) is 3. The van der Waals surface area contributed by atoms with Gasteiger partial charge in [-0.05, 0) is 26.1 Å². The number of aliphatic carboxylic acids is 1. The topological polar surface area (TPSA) is 58.4 Å². The van der Waals surface area contributed by atoms with Gasteiger partial charge in [-0.2, -0.15) is 5.10 Å². The summed E-state index contributed by atoms with van der Waals surface area (Å²) in [6.45, 7) is 2.96. The smallest absolute Gasteiger partial charge is 0.304 e. The first-order chi connectivity index (χ1) is 9.99. The molecule has 5 nitrogen and oxygen atoms in total. The van der Waals surface area contributed by atoms with Crippen molar-refractivity contribution >= 4 is 30.0 Å². The van der Waals surface area contributed by atoms with Gasteiger partial charge in [0.1, 0.15) is 5.15 Å². The van der Waals surface area contributed by atoms with E-state index >= 15 is 0 Å². The standard InChI is InChI=1S/C15H18ClN3O2.ClH/c1-11-13(10-18(2)9-8-14(20)21)15(16)19(17-11)12-6-4-3-5-7-12;/h3-7H,8-10H2,1-2H3,(H,20,21);1H. The fourth-order valence-electron chi connectivity index (χ4n) is 2.09. The van der Waals surface area contributed by atoms with Crippen molar-refractivity contribution in [2.45, 2.75) is 19.9 Å². The molecule has 0 spiro atoms. The molecular weight excluding hydrogens is 325 g/mol. The van der Waals surface area contributed by atoms with Crippen LogP contribution < -0.4 is 0 Å². The van der Waals surface area contributed by atoms with E-state index < -0.39 is 5.97 Å². The zero-order chi connectivity index (χ0) is 15.4. The first-order valence-corrected chi connectivity index (χ1v) is 7.06. The SMILES string of the molecule is Cc1nn(-c2ccccc2)c(Cl)c1CN(C)CCC(=O)O.Cl. The lowest BCUT2D eigenvalue weighted by Crippen LogP contribution is -2.21. The number of hydrogen-bond donors (Lipinski definition) is 1. The van der Waals surface area contributed by atoms with E-state index in [-0.39, 0.29) is 18.8 Å². The van der Waals surface area contributed by atoms with Gasteiger partial charge in [-0.25, -0.2) is 4.68 Å². The number of benzene rings is 1. The van der Waals surface area contributed by atoms with Crippen molar-refractivity contribution in [2.24, 2.45) is 0 Å². The molecule has 0 saturated heterocycles. The molecule has 1 aromatic carbocycles. The lowest BCUT2D eigenvalue weighted by molar-refractivity contribution is -0.137. The maximum absolute atomic E-state index is 10.6. The van der Waals surface area contributed by atoms with Crippen LogP contribution in [0.4, 0.5) is 0 Å². The van der Waals surface area contributed by atoms with E-state index in [4.69, 9.17) is 16.7 Å². The molecule has 120 valence electrons. The minimum absolute atomic E-state index is 0. The number of carboxylic acids is 1. The largest absolute Gasteiger partial charge is 0.481 e. The normalized spacial score (nSPS) is 10.5. The number of rotatable bonds is 6. The molecule has 0 radical (unpaired) electrons. The van der Waals surface area contributed by atoms with Crippen LogP contribution in [-0.4, -0.2) is 39.3 Å². The van der Waals surface area contributed by atoms with Crippen LogP contribution in [0.2, 0.25) is 5.15 Å². The number of carbonyl (C=O) groups is 1. The third-order valence-corrected chi connectivity index (χ3v) is 3.65. The maximum atomic E-state index is 10.6. The summed E-state index contributed by atoms with van der Waals surface area (Å²) in [6, 6.07) is 9.68. The summed E-state index contributed by atoms with van der Waals surface area (Å²) in [7, 11) is 1.87. The summed E-state index contributed by atoms with van der Waals surface area (Å²) < 4.78 is 1.71. The molecular formula is C15H19Cl2N3O2. The molecule has 2 aromatic rings. The lowest BCUT2D eigenvalue weighted by Gasteiger charge is -2.15. The molecule has 7 heteroatoms. The first-order valence-electron chi connectivity index (χ1n) is 6.68. The highest BCUT2D eigenvalue weighted by molar-refractivity contribution is 6.30. The number of carboxylic acid groups (broad SMARTS) is 1. The molecule has 0 atom stereocenters. The Bertz CT molecular complexity index is 629. The summed E-state index contributed by atoms with van der Waals surface area (Å²) in [5.74, 6) is -0.801. The third kappa shape index (κ3) is 4.47. The van der Waals surface area contributed by atoms with Gasteiger partial charge >= 0.3 is 5.97 Å². The van der Waals surface area contributed by atoms with E-state index in [1.165, 1.54) is 0 Å². The monoisotopic (exact) mass is 343 g/mol. The highest BCUT2D eigenvalue weighted by atomic mass is 35.5. The Kier molecular flexibility index (Phi) is 6.87. The third-order valence-electron chi connectivity index (χ3n) is 3.26. The molecule has 1 N–H and O–H groups in total. The Morgan fingerprint density at radius 3 is 2.59 bits per heavy atom. The number of para-hydroxylation sites is 1. The quantitative estimate of drug-likeness (QED) is 0.875. The summed E-state index contributed by atoms with van der Waals surface area (Å²) in [4.78, 5) is 12.5. The fraction of sp³-hybridized carbons (Fsp3) is 0.333. The van der Waals surface area contributed by atoms with Gasteiger partial charge in [0.05, 0.1) is 17.8 Å². The molecule has 0 aliphatic rings. The predicted octanol–water partition coefficient (Wildman–Crippen LogP) is 3.16. The number of halogens is 2. The van der Waals surface area contributed by atoms with Gasteiger partial charge in [-0.15, -0.1) is 12.4 Å². The van der Waals surface area contributed by atoms with Crippen molar-refractivity contribution in [3.8, 4) is 5.69 Å². The van der Waals surface area contributed by atoms with Crippen molar-refractivity contribution in [3.05, 3.63) is 46.7 Å². The highest BCUT2D eigenvalue weighted by Crippen LogP contribution is 2.24. The average Bonchev–Trinajstić information content (AvgIpc) is 2.74. The Balaban J connectivity index is 0.00000242. The van der Waals surface area contributed by atoms with Crippen molar-refractivity contribution in [1.29, 1.82) is 0 Å². The second kappa shape index (κ2) is 8.17. The van der Waals surface area contributed by atoms with E-state index in [9.17, 15) is 4.79 Å². The zero-order valence-corrected chi connectivity index (χ0v) is 14.1. The molecule has 1 aromatic heterocycles. The van der Waals surface area contributed by atoms with Crippen molar-refractivity contribution < 1.29 is 9.90 Å². The van der Waals surface area contributed by atoms with Gasteiger partial charge in [0.25, 0.3) is 0 Å². The molecule has 0 unspecified atom stereocenters. The van der Waals surface area contributed by atoms with E-state index in [1.54, 1.807) is 4.68 Å². The van der Waals surface area contributed by atoms with Gasteiger partial charge in [0, 0.05) is 18.7 Å². The zero-order valence-electron chi connectivity index (χ0n) is 12.5. The van der Waals surface area contributed by atoms with E-state index in [2.05, 4.69) is 5.10 Å². The Morgan fingerprint density at radius 1 is 1.36 bits per heavy atom. The molecule has 22 heavy (non-hydrogen) atoms. The number of aromatic nitrogens is 2.